The molecule has 178 valence electrons. The largest absolute Gasteiger partial charge is 0.444 e. The highest BCUT2D eigenvalue weighted by Crippen LogP contribution is 2.32. The summed E-state index contributed by atoms with van der Waals surface area (Å²) in [5.41, 5.74) is -0.594. The third kappa shape index (κ3) is 7.61. The molecule has 3 rings (SSSR count). The summed E-state index contributed by atoms with van der Waals surface area (Å²) in [4.78, 5) is 32.4. The molecule has 0 aromatic heterocycles. The smallest absolute Gasteiger partial charge is 0.408 e. The number of piperidine rings is 2. The normalized spacial score (nSPS) is 24.1. The van der Waals surface area contributed by atoms with Crippen molar-refractivity contribution >= 4 is 12.0 Å². The van der Waals surface area contributed by atoms with Crippen molar-refractivity contribution in [1.29, 1.82) is 0 Å². The Morgan fingerprint density at radius 1 is 0.968 bits per heavy atom. The van der Waals surface area contributed by atoms with Gasteiger partial charge < -0.3 is 24.6 Å². The molecule has 3 heterocycles. The van der Waals surface area contributed by atoms with Gasteiger partial charge in [0.2, 0.25) is 5.91 Å². The molecule has 1 N–H and O–H groups in total. The maximum atomic E-state index is 13.4. The van der Waals surface area contributed by atoms with Gasteiger partial charge in [-0.3, -0.25) is 9.69 Å². The Balaban J connectivity index is 1.56. The Bertz CT molecular complexity index is 587. The molecule has 0 spiro atoms. The van der Waals surface area contributed by atoms with E-state index in [9.17, 15) is 9.59 Å². The second kappa shape index (κ2) is 11.0. The van der Waals surface area contributed by atoms with Crippen LogP contribution >= 0.6 is 0 Å². The first-order chi connectivity index (χ1) is 14.7. The zero-order chi connectivity index (χ0) is 22.4. The zero-order valence-corrected chi connectivity index (χ0v) is 19.9. The van der Waals surface area contributed by atoms with Crippen molar-refractivity contribution in [3.8, 4) is 0 Å². The van der Waals surface area contributed by atoms with Crippen LogP contribution in [0.5, 0.6) is 0 Å². The molecule has 0 bridgehead atoms. The van der Waals surface area contributed by atoms with E-state index in [4.69, 9.17) is 9.47 Å². The number of ether oxygens (including phenoxy) is 2. The van der Waals surface area contributed by atoms with Crippen LogP contribution < -0.4 is 5.32 Å². The Morgan fingerprint density at radius 2 is 1.52 bits per heavy atom. The lowest BCUT2D eigenvalue weighted by atomic mass is 9.79. The molecule has 0 aromatic rings. The van der Waals surface area contributed by atoms with E-state index in [1.54, 1.807) is 0 Å². The fourth-order valence-electron chi connectivity index (χ4n) is 4.99. The lowest BCUT2D eigenvalue weighted by Crippen LogP contribution is -2.57. The first-order valence-electron chi connectivity index (χ1n) is 12.0. The van der Waals surface area contributed by atoms with Crippen LogP contribution in [-0.2, 0) is 14.3 Å². The number of alkyl carbamates (subject to hydrolysis) is 1. The summed E-state index contributed by atoms with van der Waals surface area (Å²) >= 11 is 0. The van der Waals surface area contributed by atoms with E-state index in [1.807, 2.05) is 25.7 Å². The summed E-state index contributed by atoms with van der Waals surface area (Å²) in [6, 6.07) is -0.590. The third-order valence-electron chi connectivity index (χ3n) is 6.81. The van der Waals surface area contributed by atoms with Crippen LogP contribution in [0.1, 0.15) is 46.5 Å². The molecule has 8 heteroatoms. The van der Waals surface area contributed by atoms with Crippen LogP contribution in [0.4, 0.5) is 4.79 Å². The molecule has 0 aromatic carbocycles. The average molecular weight is 439 g/mol. The quantitative estimate of drug-likeness (QED) is 0.706. The molecule has 3 fully saturated rings. The maximum absolute atomic E-state index is 13.4. The number of nitrogens with zero attached hydrogens (tertiary/aromatic N) is 3. The highest BCUT2D eigenvalue weighted by molar-refractivity contribution is 5.86. The Morgan fingerprint density at radius 3 is 2.06 bits per heavy atom. The van der Waals surface area contributed by atoms with Gasteiger partial charge in [-0.2, -0.15) is 0 Å². The van der Waals surface area contributed by atoms with Gasteiger partial charge in [0.05, 0.1) is 13.2 Å². The summed E-state index contributed by atoms with van der Waals surface area (Å²) in [7, 11) is 2.20. The number of hydrogen-bond acceptors (Lipinski definition) is 6. The van der Waals surface area contributed by atoms with Gasteiger partial charge in [0.1, 0.15) is 11.6 Å². The van der Waals surface area contributed by atoms with E-state index >= 15 is 0 Å². The fraction of sp³-hybridized carbons (Fsp3) is 0.913. The van der Waals surface area contributed by atoms with Crippen molar-refractivity contribution in [2.45, 2.75) is 58.1 Å². The first kappa shape index (κ1) is 24.3. The molecule has 0 unspecified atom stereocenters. The summed E-state index contributed by atoms with van der Waals surface area (Å²) in [5.74, 6) is 1.52. The summed E-state index contributed by atoms with van der Waals surface area (Å²) in [6.45, 7) is 12.8. The molecule has 8 nitrogen and oxygen atoms in total. The molecule has 2 amide bonds. The van der Waals surface area contributed by atoms with Gasteiger partial charge >= 0.3 is 6.09 Å². The molecule has 0 saturated carbocycles. The van der Waals surface area contributed by atoms with Crippen LogP contribution in [0.2, 0.25) is 0 Å². The SMILES string of the molecule is CN1CCC(C2CCN(C(=O)[C@@H](CN3CCOCC3)NC(=O)OC(C)(C)C)CC2)CC1. The van der Waals surface area contributed by atoms with Crippen molar-refractivity contribution in [3.63, 3.8) is 0 Å². The van der Waals surface area contributed by atoms with Crippen molar-refractivity contribution < 1.29 is 19.1 Å². The highest BCUT2D eigenvalue weighted by Gasteiger charge is 2.34. The van der Waals surface area contributed by atoms with E-state index in [-0.39, 0.29) is 5.91 Å². The van der Waals surface area contributed by atoms with Crippen LogP contribution in [0.15, 0.2) is 0 Å². The van der Waals surface area contributed by atoms with Crippen molar-refractivity contribution in [2.75, 3.05) is 66.1 Å². The molecule has 3 aliphatic heterocycles. The van der Waals surface area contributed by atoms with Gasteiger partial charge in [0, 0.05) is 32.7 Å². The van der Waals surface area contributed by atoms with E-state index in [2.05, 4.69) is 22.2 Å². The summed E-state index contributed by atoms with van der Waals surface area (Å²) in [5, 5.41) is 2.86. The minimum absolute atomic E-state index is 0.0131. The molecule has 0 aliphatic carbocycles. The van der Waals surface area contributed by atoms with E-state index in [0.29, 0.717) is 25.7 Å². The summed E-state index contributed by atoms with van der Waals surface area (Å²) < 4.78 is 10.9. The topological polar surface area (TPSA) is 74.4 Å². The number of carbonyl (C=O) groups is 2. The van der Waals surface area contributed by atoms with Gasteiger partial charge in [-0.05, 0) is 78.4 Å². The first-order valence-corrected chi connectivity index (χ1v) is 12.0. The van der Waals surface area contributed by atoms with Gasteiger partial charge in [-0.15, -0.1) is 0 Å². The molecule has 3 aliphatic rings. The molecule has 1 atom stereocenters. The zero-order valence-electron chi connectivity index (χ0n) is 19.9. The van der Waals surface area contributed by atoms with Crippen LogP contribution in [0.3, 0.4) is 0 Å². The predicted molar refractivity (Wildman–Crippen MR) is 120 cm³/mol. The van der Waals surface area contributed by atoms with Crippen LogP contribution in [-0.4, -0.2) is 104 Å². The van der Waals surface area contributed by atoms with E-state index in [0.717, 1.165) is 44.9 Å². The Hall–Kier alpha value is -1.38. The number of carbonyl (C=O) groups excluding carboxylic acids is 2. The second-order valence-corrected chi connectivity index (χ2v) is 10.4. The standard InChI is InChI=1S/C23H42N4O4/c1-23(2,3)31-22(29)24-20(17-26-13-15-30-16-14-26)21(28)27-11-7-19(8-12-27)18-5-9-25(4)10-6-18/h18-20H,5-17H2,1-4H3,(H,24,29)/t20-/m1/s1. The second-order valence-electron chi connectivity index (χ2n) is 10.4. The molecular formula is C23H42N4O4. The predicted octanol–water partition coefficient (Wildman–Crippen LogP) is 1.79. The lowest BCUT2D eigenvalue weighted by molar-refractivity contribution is -0.136. The van der Waals surface area contributed by atoms with Crippen molar-refractivity contribution in [2.24, 2.45) is 11.8 Å². The Kier molecular flexibility index (Phi) is 8.58. The average Bonchev–Trinajstić information content (AvgIpc) is 2.73. The van der Waals surface area contributed by atoms with Gasteiger partial charge in [0.25, 0.3) is 0 Å². The van der Waals surface area contributed by atoms with E-state index < -0.39 is 17.7 Å². The molecule has 31 heavy (non-hydrogen) atoms. The number of rotatable bonds is 5. The van der Waals surface area contributed by atoms with Gasteiger partial charge in [-0.25, -0.2) is 4.79 Å². The highest BCUT2D eigenvalue weighted by atomic mass is 16.6. The minimum Gasteiger partial charge on any atom is -0.444 e. The minimum atomic E-state index is -0.594. The van der Waals surface area contributed by atoms with Gasteiger partial charge in [-0.1, -0.05) is 0 Å². The summed E-state index contributed by atoms with van der Waals surface area (Å²) in [6.07, 6.45) is 4.15. The molecule has 0 radical (unpaired) electrons. The van der Waals surface area contributed by atoms with Gasteiger partial charge in [0.15, 0.2) is 0 Å². The van der Waals surface area contributed by atoms with Crippen molar-refractivity contribution in [3.05, 3.63) is 0 Å². The van der Waals surface area contributed by atoms with Crippen LogP contribution in [0, 0.1) is 11.8 Å². The molecular weight excluding hydrogens is 396 g/mol. The number of morpholine rings is 1. The number of hydrogen-bond donors (Lipinski definition) is 1. The Labute approximate surface area is 187 Å². The third-order valence-corrected chi connectivity index (χ3v) is 6.81. The molecule has 3 saturated heterocycles. The number of amides is 2. The number of likely N-dealkylation sites (tertiary alicyclic amines) is 2. The number of nitrogens with one attached hydrogen (secondary N) is 1. The van der Waals surface area contributed by atoms with E-state index in [1.165, 1.54) is 25.9 Å². The fourth-order valence-corrected chi connectivity index (χ4v) is 4.99. The monoisotopic (exact) mass is 438 g/mol. The maximum Gasteiger partial charge on any atom is 0.408 e. The van der Waals surface area contributed by atoms with Crippen LogP contribution in [0.25, 0.3) is 0 Å². The van der Waals surface area contributed by atoms with Crippen molar-refractivity contribution in [1.82, 2.24) is 20.0 Å². The lowest BCUT2D eigenvalue weighted by Gasteiger charge is -2.40.